The maximum Gasteiger partial charge on any atom is 0.252 e. The molecular weight excluding hydrogens is 410 g/mol. The quantitative estimate of drug-likeness (QED) is 0.729. The van der Waals surface area contributed by atoms with Crippen molar-refractivity contribution in [3.8, 4) is 0 Å². The minimum absolute atomic E-state index is 0.159. The van der Waals surface area contributed by atoms with E-state index in [1.807, 2.05) is 25.1 Å². The Morgan fingerprint density at radius 2 is 2.03 bits per heavy atom. The third kappa shape index (κ3) is 5.23. The average molecular weight is 436 g/mol. The van der Waals surface area contributed by atoms with E-state index in [-0.39, 0.29) is 30.3 Å². The van der Waals surface area contributed by atoms with Crippen molar-refractivity contribution in [3.05, 3.63) is 47.3 Å². The van der Waals surface area contributed by atoms with E-state index in [0.29, 0.717) is 29.3 Å². The number of benzene rings is 1. The molecule has 2 amide bonds. The van der Waals surface area contributed by atoms with Gasteiger partial charge in [-0.3, -0.25) is 9.59 Å². The molecule has 1 aromatic heterocycles. The van der Waals surface area contributed by atoms with Gasteiger partial charge in [-0.05, 0) is 48.9 Å². The monoisotopic (exact) mass is 435 g/mol. The van der Waals surface area contributed by atoms with Crippen molar-refractivity contribution in [1.82, 2.24) is 9.62 Å². The summed E-state index contributed by atoms with van der Waals surface area (Å²) in [5.41, 5.74) is 1.53. The summed E-state index contributed by atoms with van der Waals surface area (Å²) >= 11 is 1.19. The third-order valence-electron chi connectivity index (χ3n) is 4.91. The highest BCUT2D eigenvalue weighted by molar-refractivity contribution is 7.91. The molecule has 1 aromatic carbocycles. The fourth-order valence-corrected chi connectivity index (χ4v) is 6.08. The van der Waals surface area contributed by atoms with Crippen LogP contribution in [0.2, 0.25) is 0 Å². The second kappa shape index (κ2) is 9.06. The fourth-order valence-electron chi connectivity index (χ4n) is 3.42. The van der Waals surface area contributed by atoms with Gasteiger partial charge in [0.25, 0.3) is 10.0 Å². The van der Waals surface area contributed by atoms with Crippen LogP contribution in [0, 0.1) is 5.92 Å². The molecule has 0 saturated carbocycles. The number of nitrogens with one attached hydrogen (secondary N) is 2. The molecule has 0 bridgehead atoms. The molecular formula is C20H25N3O4S2. The molecule has 1 saturated heterocycles. The highest BCUT2D eigenvalue weighted by Gasteiger charge is 2.34. The second-order valence-corrected chi connectivity index (χ2v) is 10.3. The number of carbonyl (C=O) groups is 2. The molecule has 156 valence electrons. The van der Waals surface area contributed by atoms with Crippen LogP contribution in [-0.4, -0.2) is 37.6 Å². The van der Waals surface area contributed by atoms with Crippen LogP contribution in [-0.2, 0) is 19.6 Å². The lowest BCUT2D eigenvalue weighted by molar-refractivity contribution is -0.126. The molecule has 2 heterocycles. The number of carbonyl (C=O) groups excluding carboxylic acids is 2. The van der Waals surface area contributed by atoms with Gasteiger partial charge in [-0.25, -0.2) is 8.42 Å². The maximum atomic E-state index is 12.8. The topological polar surface area (TPSA) is 95.6 Å². The van der Waals surface area contributed by atoms with Crippen molar-refractivity contribution in [2.75, 3.05) is 18.4 Å². The Labute approximate surface area is 175 Å². The summed E-state index contributed by atoms with van der Waals surface area (Å²) < 4.78 is 27.2. The molecule has 29 heavy (non-hydrogen) atoms. The molecule has 2 N–H and O–H groups in total. The van der Waals surface area contributed by atoms with Crippen LogP contribution in [0.5, 0.6) is 0 Å². The Morgan fingerprint density at radius 1 is 1.24 bits per heavy atom. The predicted octanol–water partition coefficient (Wildman–Crippen LogP) is 2.98. The van der Waals surface area contributed by atoms with Crippen molar-refractivity contribution in [2.24, 2.45) is 5.92 Å². The summed E-state index contributed by atoms with van der Waals surface area (Å²) in [6.45, 7) is 3.92. The second-order valence-electron chi connectivity index (χ2n) is 7.17. The van der Waals surface area contributed by atoms with Gasteiger partial charge < -0.3 is 10.6 Å². The van der Waals surface area contributed by atoms with Crippen molar-refractivity contribution in [3.63, 3.8) is 0 Å². The number of rotatable bonds is 6. The number of piperidine rings is 1. The van der Waals surface area contributed by atoms with Crippen LogP contribution in [0.15, 0.2) is 46.0 Å². The number of nitrogens with zero attached hydrogens (tertiary/aromatic N) is 1. The third-order valence-corrected chi connectivity index (χ3v) is 8.15. The standard InChI is InChI=1S/C20H25N3O4S2/c1-14(16-6-3-8-18(12-16)22-15(2)24)21-20(25)17-7-4-10-23(13-17)29(26,27)19-9-5-11-28-19/h3,5-6,8-9,11-12,14,17H,4,7,10,13H2,1-2H3,(H,21,25)(H,22,24). The normalized spacial score (nSPS) is 18.8. The molecule has 1 aliphatic heterocycles. The zero-order valence-electron chi connectivity index (χ0n) is 16.4. The van der Waals surface area contributed by atoms with Crippen LogP contribution in [0.3, 0.4) is 0 Å². The highest BCUT2D eigenvalue weighted by Crippen LogP contribution is 2.27. The average Bonchev–Trinajstić information content (AvgIpc) is 3.23. The number of sulfonamides is 1. The van der Waals surface area contributed by atoms with E-state index in [1.54, 1.807) is 23.6 Å². The van der Waals surface area contributed by atoms with E-state index in [4.69, 9.17) is 0 Å². The maximum absolute atomic E-state index is 12.8. The van der Waals surface area contributed by atoms with Gasteiger partial charge in [-0.2, -0.15) is 4.31 Å². The smallest absolute Gasteiger partial charge is 0.252 e. The highest BCUT2D eigenvalue weighted by atomic mass is 32.2. The summed E-state index contributed by atoms with van der Waals surface area (Å²) in [5, 5.41) is 7.45. The molecule has 0 radical (unpaired) electrons. The minimum atomic E-state index is -3.55. The molecule has 7 nitrogen and oxygen atoms in total. The molecule has 0 spiro atoms. The Balaban J connectivity index is 1.65. The van der Waals surface area contributed by atoms with E-state index in [0.717, 1.165) is 5.56 Å². The van der Waals surface area contributed by atoms with Gasteiger partial charge in [0.2, 0.25) is 11.8 Å². The van der Waals surface area contributed by atoms with Crippen LogP contribution in [0.1, 0.15) is 38.3 Å². The van der Waals surface area contributed by atoms with Gasteiger partial charge in [0.1, 0.15) is 4.21 Å². The first-order valence-electron chi connectivity index (χ1n) is 9.49. The van der Waals surface area contributed by atoms with Crippen molar-refractivity contribution in [2.45, 2.75) is 36.9 Å². The van der Waals surface area contributed by atoms with Crippen LogP contribution >= 0.6 is 11.3 Å². The van der Waals surface area contributed by atoms with E-state index < -0.39 is 10.0 Å². The summed E-state index contributed by atoms with van der Waals surface area (Å²) in [4.78, 5) is 24.0. The van der Waals surface area contributed by atoms with Crippen molar-refractivity contribution < 1.29 is 18.0 Å². The molecule has 1 aliphatic rings. The fraction of sp³-hybridized carbons (Fsp3) is 0.400. The lowest BCUT2D eigenvalue weighted by atomic mass is 9.98. The number of anilines is 1. The minimum Gasteiger partial charge on any atom is -0.349 e. The first-order valence-corrected chi connectivity index (χ1v) is 11.8. The molecule has 3 rings (SSSR count). The van der Waals surface area contributed by atoms with Gasteiger partial charge in [0.05, 0.1) is 12.0 Å². The van der Waals surface area contributed by atoms with E-state index in [2.05, 4.69) is 10.6 Å². The van der Waals surface area contributed by atoms with Gasteiger partial charge in [0, 0.05) is 25.7 Å². The van der Waals surface area contributed by atoms with Crippen LogP contribution < -0.4 is 10.6 Å². The summed E-state index contributed by atoms with van der Waals surface area (Å²) in [6, 6.07) is 10.3. The molecule has 0 aliphatic carbocycles. The Kier molecular flexibility index (Phi) is 6.71. The number of thiophene rings is 1. The number of hydrogen-bond donors (Lipinski definition) is 2. The summed E-state index contributed by atoms with van der Waals surface area (Å²) in [6.07, 6.45) is 1.30. The summed E-state index contributed by atoms with van der Waals surface area (Å²) in [5.74, 6) is -0.707. The predicted molar refractivity (Wildman–Crippen MR) is 113 cm³/mol. The largest absolute Gasteiger partial charge is 0.349 e. The van der Waals surface area contributed by atoms with Crippen LogP contribution in [0.4, 0.5) is 5.69 Å². The molecule has 2 unspecified atom stereocenters. The Bertz CT molecular complexity index is 973. The Hall–Kier alpha value is -2.23. The van der Waals surface area contributed by atoms with Gasteiger partial charge in [-0.15, -0.1) is 11.3 Å². The molecule has 1 fully saturated rings. The van der Waals surface area contributed by atoms with Crippen LogP contribution in [0.25, 0.3) is 0 Å². The van der Waals surface area contributed by atoms with E-state index in [1.165, 1.54) is 22.6 Å². The first kappa shape index (κ1) is 21.5. The van der Waals surface area contributed by atoms with Gasteiger partial charge >= 0.3 is 0 Å². The van der Waals surface area contributed by atoms with Gasteiger partial charge in [0.15, 0.2) is 0 Å². The number of hydrogen-bond acceptors (Lipinski definition) is 5. The van der Waals surface area contributed by atoms with E-state index >= 15 is 0 Å². The Morgan fingerprint density at radius 3 is 2.72 bits per heavy atom. The zero-order valence-corrected chi connectivity index (χ0v) is 18.1. The molecule has 9 heteroatoms. The SMILES string of the molecule is CC(=O)Nc1cccc(C(C)NC(=O)C2CCCN(S(=O)(=O)c3cccs3)C2)c1. The lowest BCUT2D eigenvalue weighted by Gasteiger charge is -2.31. The van der Waals surface area contributed by atoms with Crippen molar-refractivity contribution >= 4 is 38.9 Å². The first-order chi connectivity index (χ1) is 13.8. The van der Waals surface area contributed by atoms with Crippen molar-refractivity contribution in [1.29, 1.82) is 0 Å². The lowest BCUT2D eigenvalue weighted by Crippen LogP contribution is -2.45. The molecule has 2 aromatic rings. The number of amides is 2. The summed E-state index contributed by atoms with van der Waals surface area (Å²) in [7, 11) is -3.55. The zero-order chi connectivity index (χ0) is 21.0. The van der Waals surface area contributed by atoms with Gasteiger partial charge in [-0.1, -0.05) is 18.2 Å². The molecule has 2 atom stereocenters. The van der Waals surface area contributed by atoms with E-state index in [9.17, 15) is 18.0 Å².